The lowest BCUT2D eigenvalue weighted by Crippen LogP contribution is -2.28. The molecule has 0 bridgehead atoms. The van der Waals surface area contributed by atoms with Crippen LogP contribution in [0.4, 0.5) is 11.4 Å². The first-order chi connectivity index (χ1) is 14.3. The molecule has 1 atom stereocenters. The summed E-state index contributed by atoms with van der Waals surface area (Å²) in [7, 11) is 0. The van der Waals surface area contributed by atoms with Gasteiger partial charge in [0.25, 0.3) is 0 Å². The first kappa shape index (κ1) is 21.0. The van der Waals surface area contributed by atoms with Crippen LogP contribution in [-0.4, -0.2) is 17.6 Å². The largest absolute Gasteiger partial charge is 0.326 e. The predicted octanol–water partition coefficient (Wildman–Crippen LogP) is 5.89. The van der Waals surface area contributed by atoms with Crippen LogP contribution in [0.15, 0.2) is 48.5 Å². The molecule has 0 aromatic heterocycles. The van der Waals surface area contributed by atoms with Gasteiger partial charge in [0.15, 0.2) is 0 Å². The Hall–Kier alpha value is -2.27. The van der Waals surface area contributed by atoms with E-state index in [1.54, 1.807) is 11.8 Å². The van der Waals surface area contributed by atoms with Gasteiger partial charge in [-0.05, 0) is 53.6 Å². The van der Waals surface area contributed by atoms with Crippen LogP contribution in [0.2, 0.25) is 0 Å². The second-order valence-corrected chi connectivity index (χ2v) is 10.4. The minimum Gasteiger partial charge on any atom is -0.326 e. The second-order valence-electron chi connectivity index (χ2n) is 9.32. The van der Waals surface area contributed by atoms with E-state index in [9.17, 15) is 9.59 Å². The zero-order valence-electron chi connectivity index (χ0n) is 18.0. The maximum atomic E-state index is 12.7. The maximum absolute atomic E-state index is 12.7. The number of carbonyl (C=O) groups excluding carboxylic acids is 2. The minimum absolute atomic E-state index is 0.0769. The fourth-order valence-electron chi connectivity index (χ4n) is 4.27. The molecule has 4 rings (SSSR count). The Balaban J connectivity index is 1.55. The smallest absolute Gasteiger partial charge is 0.238 e. The first-order valence-electron chi connectivity index (χ1n) is 10.8. The monoisotopic (exact) mass is 422 g/mol. The van der Waals surface area contributed by atoms with E-state index >= 15 is 0 Å². The van der Waals surface area contributed by atoms with Crippen molar-refractivity contribution >= 4 is 35.0 Å². The van der Waals surface area contributed by atoms with E-state index in [-0.39, 0.29) is 28.5 Å². The highest BCUT2D eigenvalue weighted by atomic mass is 32.2. The normalized spacial score (nSPS) is 20.0. The molecule has 1 heterocycles. The van der Waals surface area contributed by atoms with Gasteiger partial charge in [-0.3, -0.25) is 14.5 Å². The third-order valence-corrected chi connectivity index (χ3v) is 7.26. The van der Waals surface area contributed by atoms with Crippen LogP contribution in [0.25, 0.3) is 0 Å². The Morgan fingerprint density at radius 3 is 2.43 bits per heavy atom. The number of nitrogens with one attached hydrogen (secondary N) is 1. The summed E-state index contributed by atoms with van der Waals surface area (Å²) in [5.74, 6) is 0.835. The van der Waals surface area contributed by atoms with Gasteiger partial charge >= 0.3 is 0 Å². The van der Waals surface area contributed by atoms with E-state index in [0.29, 0.717) is 5.75 Å². The molecule has 5 heteroatoms. The fraction of sp³-hybridized carbons (Fsp3) is 0.440. The van der Waals surface area contributed by atoms with Crippen LogP contribution in [0.3, 0.4) is 0 Å². The van der Waals surface area contributed by atoms with Crippen LogP contribution in [-0.2, 0) is 15.0 Å². The van der Waals surface area contributed by atoms with E-state index in [1.807, 2.05) is 41.3 Å². The number of hydrogen-bond acceptors (Lipinski definition) is 3. The van der Waals surface area contributed by atoms with Crippen molar-refractivity contribution < 1.29 is 9.59 Å². The van der Waals surface area contributed by atoms with Gasteiger partial charge in [-0.25, -0.2) is 0 Å². The Labute approximate surface area is 183 Å². The highest BCUT2D eigenvalue weighted by molar-refractivity contribution is 8.00. The summed E-state index contributed by atoms with van der Waals surface area (Å²) in [5, 5.41) is 3.00. The Morgan fingerprint density at radius 2 is 1.77 bits per heavy atom. The summed E-state index contributed by atoms with van der Waals surface area (Å²) in [4.78, 5) is 27.1. The van der Waals surface area contributed by atoms with Gasteiger partial charge in [-0.1, -0.05) is 57.9 Å². The Bertz CT molecular complexity index is 927. The maximum Gasteiger partial charge on any atom is 0.238 e. The number of rotatable bonds is 4. The van der Waals surface area contributed by atoms with E-state index in [2.05, 4.69) is 38.2 Å². The van der Waals surface area contributed by atoms with Gasteiger partial charge in [0.05, 0.1) is 5.75 Å². The van der Waals surface area contributed by atoms with Gasteiger partial charge in [-0.2, -0.15) is 0 Å². The predicted molar refractivity (Wildman–Crippen MR) is 125 cm³/mol. The Kier molecular flexibility index (Phi) is 5.92. The molecular weight excluding hydrogens is 392 g/mol. The molecule has 0 radical (unpaired) electrons. The van der Waals surface area contributed by atoms with Crippen molar-refractivity contribution in [3.05, 3.63) is 59.7 Å². The average Bonchev–Trinajstić information content (AvgIpc) is 3.38. The molecule has 2 aromatic carbocycles. The van der Waals surface area contributed by atoms with E-state index < -0.39 is 0 Å². The Morgan fingerprint density at radius 1 is 1.07 bits per heavy atom. The van der Waals surface area contributed by atoms with Crippen molar-refractivity contribution in [2.75, 3.05) is 16.0 Å². The summed E-state index contributed by atoms with van der Waals surface area (Å²) < 4.78 is 0. The molecule has 1 unspecified atom stereocenters. The van der Waals surface area contributed by atoms with Crippen molar-refractivity contribution in [1.82, 2.24) is 0 Å². The first-order valence-corrected chi connectivity index (χ1v) is 11.8. The van der Waals surface area contributed by atoms with E-state index in [4.69, 9.17) is 0 Å². The highest BCUT2D eigenvalue weighted by Gasteiger charge is 2.34. The summed E-state index contributed by atoms with van der Waals surface area (Å²) >= 11 is 1.63. The van der Waals surface area contributed by atoms with Crippen molar-refractivity contribution in [2.45, 2.75) is 57.2 Å². The summed E-state index contributed by atoms with van der Waals surface area (Å²) in [6.45, 7) is 6.56. The van der Waals surface area contributed by atoms with Crippen LogP contribution in [0, 0.1) is 5.92 Å². The zero-order chi connectivity index (χ0) is 21.3. The number of amides is 2. The van der Waals surface area contributed by atoms with Crippen molar-refractivity contribution in [2.24, 2.45) is 5.92 Å². The van der Waals surface area contributed by atoms with Crippen molar-refractivity contribution in [1.29, 1.82) is 0 Å². The molecule has 1 aliphatic carbocycles. The topological polar surface area (TPSA) is 49.4 Å². The molecule has 4 nitrogen and oxygen atoms in total. The molecule has 2 aromatic rings. The van der Waals surface area contributed by atoms with Gasteiger partial charge in [0.2, 0.25) is 11.8 Å². The number of anilines is 2. The molecule has 2 fully saturated rings. The highest BCUT2D eigenvalue weighted by Crippen LogP contribution is 2.42. The molecule has 158 valence electrons. The summed E-state index contributed by atoms with van der Waals surface area (Å²) in [5.41, 5.74) is 4.09. The van der Waals surface area contributed by atoms with Crippen molar-refractivity contribution in [3.63, 3.8) is 0 Å². The minimum atomic E-state index is -0.0821. The van der Waals surface area contributed by atoms with Crippen LogP contribution < -0.4 is 10.2 Å². The lowest BCUT2D eigenvalue weighted by atomic mass is 9.87. The molecule has 1 saturated carbocycles. The summed E-state index contributed by atoms with van der Waals surface area (Å²) in [6.07, 6.45) is 4.25. The standard InChI is InChI=1S/C25H30N2O2S/c1-25(2,3)19-11-13-21(14-12-19)27-22(28)16-30-24(27)18-9-6-10-20(15-18)26-23(29)17-7-4-5-8-17/h6,9-15,17,24H,4-5,7-8,16H2,1-3H3,(H,26,29). The zero-order valence-corrected chi connectivity index (χ0v) is 18.8. The molecule has 1 saturated heterocycles. The molecule has 1 aliphatic heterocycles. The number of carbonyl (C=O) groups is 2. The molecule has 0 spiro atoms. The molecule has 30 heavy (non-hydrogen) atoms. The molecular formula is C25H30N2O2S. The van der Waals surface area contributed by atoms with Crippen LogP contribution in [0.5, 0.6) is 0 Å². The average molecular weight is 423 g/mol. The quantitative estimate of drug-likeness (QED) is 0.668. The number of thioether (sulfide) groups is 1. The third kappa shape index (κ3) is 4.41. The lowest BCUT2D eigenvalue weighted by molar-refractivity contribution is -0.119. The van der Waals surface area contributed by atoms with E-state index in [1.165, 1.54) is 5.56 Å². The number of nitrogens with zero attached hydrogens (tertiary/aromatic N) is 1. The van der Waals surface area contributed by atoms with Gasteiger partial charge < -0.3 is 5.32 Å². The molecule has 2 amide bonds. The molecule has 1 N–H and O–H groups in total. The number of hydrogen-bond donors (Lipinski definition) is 1. The van der Waals surface area contributed by atoms with Crippen LogP contribution in [0.1, 0.15) is 63.0 Å². The summed E-state index contributed by atoms with van der Waals surface area (Å²) in [6, 6.07) is 16.3. The SMILES string of the molecule is CC(C)(C)c1ccc(N2C(=O)CSC2c2cccc(NC(=O)C3CCCC3)c2)cc1. The third-order valence-electron chi connectivity index (χ3n) is 6.04. The van der Waals surface area contributed by atoms with Gasteiger partial charge in [-0.15, -0.1) is 11.8 Å². The number of benzene rings is 2. The second kappa shape index (κ2) is 8.46. The van der Waals surface area contributed by atoms with Gasteiger partial charge in [0, 0.05) is 17.3 Å². The molecule has 2 aliphatic rings. The lowest BCUT2D eigenvalue weighted by Gasteiger charge is -2.26. The van der Waals surface area contributed by atoms with Crippen LogP contribution >= 0.6 is 11.8 Å². The van der Waals surface area contributed by atoms with Gasteiger partial charge in [0.1, 0.15) is 5.37 Å². The van der Waals surface area contributed by atoms with E-state index in [0.717, 1.165) is 42.6 Å². The fourth-order valence-corrected chi connectivity index (χ4v) is 5.44. The van der Waals surface area contributed by atoms with Crippen molar-refractivity contribution in [3.8, 4) is 0 Å².